The van der Waals surface area contributed by atoms with E-state index in [1.165, 1.54) is 22.3 Å². The second-order valence-corrected chi connectivity index (χ2v) is 7.47. The predicted octanol–water partition coefficient (Wildman–Crippen LogP) is 2.98. The zero-order valence-corrected chi connectivity index (χ0v) is 14.9. The van der Waals surface area contributed by atoms with Crippen LogP contribution in [0.25, 0.3) is 0 Å². The maximum Gasteiger partial charge on any atom is 0.300 e. The SMILES string of the molecule is CCC(=O)C1Oc2cc3c(cc2O1)C1Cc2cc4c(cc2C(C3)N1)OCO4. The van der Waals surface area contributed by atoms with Gasteiger partial charge in [-0.25, -0.2) is 0 Å². The summed E-state index contributed by atoms with van der Waals surface area (Å²) in [6.07, 6.45) is 1.33. The Balaban J connectivity index is 1.37. The molecule has 6 rings (SSSR count). The Morgan fingerprint density at radius 3 is 2.15 bits per heavy atom. The Morgan fingerprint density at radius 1 is 0.926 bits per heavy atom. The van der Waals surface area contributed by atoms with E-state index in [1.807, 2.05) is 19.1 Å². The van der Waals surface area contributed by atoms with Crippen LogP contribution in [0.1, 0.15) is 47.7 Å². The minimum Gasteiger partial charge on any atom is -0.454 e. The van der Waals surface area contributed by atoms with Crippen LogP contribution in [0.3, 0.4) is 0 Å². The second kappa shape index (κ2) is 5.39. The van der Waals surface area contributed by atoms with Gasteiger partial charge in [0.1, 0.15) is 0 Å². The fourth-order valence-corrected chi connectivity index (χ4v) is 4.56. The molecule has 4 aliphatic rings. The van der Waals surface area contributed by atoms with Gasteiger partial charge < -0.3 is 24.3 Å². The molecule has 0 aromatic heterocycles. The van der Waals surface area contributed by atoms with E-state index in [-0.39, 0.29) is 17.9 Å². The molecule has 0 aliphatic carbocycles. The van der Waals surface area contributed by atoms with Crippen LogP contribution >= 0.6 is 0 Å². The molecule has 6 heteroatoms. The average molecular weight is 365 g/mol. The predicted molar refractivity (Wildman–Crippen MR) is 95.4 cm³/mol. The molecule has 4 heterocycles. The highest BCUT2D eigenvalue weighted by Gasteiger charge is 2.38. The van der Waals surface area contributed by atoms with Crippen LogP contribution in [-0.4, -0.2) is 18.9 Å². The first kappa shape index (κ1) is 15.3. The summed E-state index contributed by atoms with van der Waals surface area (Å²) in [5.41, 5.74) is 5.05. The Bertz CT molecular complexity index is 985. The summed E-state index contributed by atoms with van der Waals surface area (Å²) in [6.45, 7) is 2.11. The molecule has 2 aromatic rings. The van der Waals surface area contributed by atoms with Crippen molar-refractivity contribution in [2.45, 2.75) is 44.6 Å². The molecule has 27 heavy (non-hydrogen) atoms. The highest BCUT2D eigenvalue weighted by atomic mass is 16.7. The van der Waals surface area contributed by atoms with E-state index in [9.17, 15) is 4.79 Å². The number of ketones is 1. The van der Waals surface area contributed by atoms with Gasteiger partial charge in [-0.1, -0.05) is 6.92 Å². The highest BCUT2D eigenvalue weighted by molar-refractivity contribution is 5.83. The number of carbonyl (C=O) groups excluding carboxylic acids is 1. The largest absolute Gasteiger partial charge is 0.454 e. The van der Waals surface area contributed by atoms with Gasteiger partial charge in [-0.15, -0.1) is 0 Å². The molecule has 0 radical (unpaired) electrons. The Morgan fingerprint density at radius 2 is 1.48 bits per heavy atom. The van der Waals surface area contributed by atoms with E-state index < -0.39 is 6.29 Å². The third kappa shape index (κ3) is 2.19. The molecule has 6 nitrogen and oxygen atoms in total. The van der Waals surface area contributed by atoms with Crippen LogP contribution in [0.2, 0.25) is 0 Å². The van der Waals surface area contributed by atoms with Gasteiger partial charge >= 0.3 is 6.29 Å². The van der Waals surface area contributed by atoms with Crippen molar-refractivity contribution in [3.05, 3.63) is 46.5 Å². The molecule has 1 N–H and O–H groups in total. The van der Waals surface area contributed by atoms with Crippen LogP contribution < -0.4 is 24.3 Å². The van der Waals surface area contributed by atoms with Crippen molar-refractivity contribution in [1.82, 2.24) is 5.32 Å². The normalized spacial score (nSPS) is 25.7. The van der Waals surface area contributed by atoms with E-state index in [0.29, 0.717) is 24.7 Å². The number of rotatable bonds is 2. The summed E-state index contributed by atoms with van der Waals surface area (Å²) in [7, 11) is 0. The van der Waals surface area contributed by atoms with E-state index in [0.717, 1.165) is 24.3 Å². The first-order valence-electron chi connectivity index (χ1n) is 9.41. The highest BCUT2D eigenvalue weighted by Crippen LogP contribution is 2.48. The minimum atomic E-state index is -0.810. The molecule has 2 aromatic carbocycles. The number of benzene rings is 2. The Hall–Kier alpha value is -2.73. The van der Waals surface area contributed by atoms with Gasteiger partial charge in [0.15, 0.2) is 23.0 Å². The molecule has 0 saturated carbocycles. The van der Waals surface area contributed by atoms with E-state index in [2.05, 4.69) is 17.4 Å². The standard InChI is InChI=1S/C21H19NO5/c1-2-16(23)21-26-19-6-11-4-14-12-7-18-17(24-9-25-18)5-10(12)3-15(22-14)13(11)8-20(19)27-21/h5-8,14-15,21-22H,2-4,9H2,1H3. The van der Waals surface area contributed by atoms with Gasteiger partial charge in [0.05, 0.1) is 0 Å². The summed E-state index contributed by atoms with van der Waals surface area (Å²) >= 11 is 0. The van der Waals surface area contributed by atoms with Crippen LogP contribution in [0.15, 0.2) is 24.3 Å². The molecule has 3 atom stereocenters. The number of fused-ring (bicyclic) bond motifs is 8. The van der Waals surface area contributed by atoms with Gasteiger partial charge in [-0.05, 0) is 59.4 Å². The molecule has 0 saturated heterocycles. The van der Waals surface area contributed by atoms with Crippen molar-refractivity contribution in [1.29, 1.82) is 0 Å². The third-order valence-electron chi connectivity index (χ3n) is 5.92. The molecular formula is C21H19NO5. The van der Waals surface area contributed by atoms with Crippen molar-refractivity contribution in [3.63, 3.8) is 0 Å². The van der Waals surface area contributed by atoms with E-state index in [1.54, 1.807) is 0 Å². The van der Waals surface area contributed by atoms with Crippen molar-refractivity contribution in [2.75, 3.05) is 6.79 Å². The molecule has 4 aliphatic heterocycles. The van der Waals surface area contributed by atoms with Crippen LogP contribution in [-0.2, 0) is 17.6 Å². The summed E-state index contributed by atoms with van der Waals surface area (Å²) in [5, 5.41) is 3.73. The van der Waals surface area contributed by atoms with Gasteiger partial charge in [0.25, 0.3) is 0 Å². The van der Waals surface area contributed by atoms with Crippen molar-refractivity contribution >= 4 is 5.78 Å². The van der Waals surface area contributed by atoms with Gasteiger partial charge in [-0.3, -0.25) is 4.79 Å². The summed E-state index contributed by atoms with van der Waals surface area (Å²) in [5.74, 6) is 2.96. The molecule has 0 amide bonds. The van der Waals surface area contributed by atoms with E-state index >= 15 is 0 Å². The quantitative estimate of drug-likeness (QED) is 0.883. The summed E-state index contributed by atoms with van der Waals surface area (Å²) < 4.78 is 22.6. The topological polar surface area (TPSA) is 66.0 Å². The van der Waals surface area contributed by atoms with Gasteiger partial charge in [-0.2, -0.15) is 0 Å². The lowest BCUT2D eigenvalue weighted by atomic mass is 9.78. The number of hydrogen-bond donors (Lipinski definition) is 1. The number of nitrogens with one attached hydrogen (secondary N) is 1. The Kier molecular flexibility index (Phi) is 3.06. The lowest BCUT2D eigenvalue weighted by Gasteiger charge is -2.39. The fourth-order valence-electron chi connectivity index (χ4n) is 4.56. The first-order valence-corrected chi connectivity index (χ1v) is 9.41. The number of carbonyl (C=O) groups is 1. The number of ether oxygens (including phenoxy) is 4. The lowest BCUT2D eigenvalue weighted by Crippen LogP contribution is -2.38. The second-order valence-electron chi connectivity index (χ2n) is 7.47. The monoisotopic (exact) mass is 365 g/mol. The number of hydrogen-bond acceptors (Lipinski definition) is 6. The van der Waals surface area contributed by atoms with Crippen molar-refractivity contribution in [3.8, 4) is 23.0 Å². The molecule has 0 fully saturated rings. The van der Waals surface area contributed by atoms with Crippen LogP contribution in [0.4, 0.5) is 0 Å². The summed E-state index contributed by atoms with van der Waals surface area (Å²) in [4.78, 5) is 11.9. The molecule has 2 bridgehead atoms. The van der Waals surface area contributed by atoms with Gasteiger partial charge in [0.2, 0.25) is 12.6 Å². The van der Waals surface area contributed by atoms with E-state index in [4.69, 9.17) is 18.9 Å². The fraction of sp³-hybridized carbons (Fsp3) is 0.381. The zero-order chi connectivity index (χ0) is 18.1. The minimum absolute atomic E-state index is 0.0389. The van der Waals surface area contributed by atoms with Crippen molar-refractivity contribution in [2.24, 2.45) is 0 Å². The average Bonchev–Trinajstić information content (AvgIpc) is 3.30. The van der Waals surface area contributed by atoms with Crippen molar-refractivity contribution < 1.29 is 23.7 Å². The van der Waals surface area contributed by atoms with Crippen LogP contribution in [0.5, 0.6) is 23.0 Å². The maximum atomic E-state index is 11.9. The maximum absolute atomic E-state index is 11.9. The molecule has 0 spiro atoms. The molecular weight excluding hydrogens is 346 g/mol. The number of Topliss-reactive ketones (excluding diaryl/α,β-unsaturated/α-hetero) is 1. The third-order valence-corrected chi connectivity index (χ3v) is 5.92. The zero-order valence-electron chi connectivity index (χ0n) is 14.9. The first-order chi connectivity index (χ1) is 13.2. The van der Waals surface area contributed by atoms with Gasteiger partial charge in [0, 0.05) is 18.5 Å². The lowest BCUT2D eigenvalue weighted by molar-refractivity contribution is -0.134. The molecule has 138 valence electrons. The molecule has 3 unspecified atom stereocenters. The van der Waals surface area contributed by atoms with Crippen LogP contribution in [0, 0.1) is 0 Å². The smallest absolute Gasteiger partial charge is 0.300 e. The summed E-state index contributed by atoms with van der Waals surface area (Å²) in [6, 6.07) is 8.76. The Labute approximate surface area is 156 Å².